The lowest BCUT2D eigenvalue weighted by Gasteiger charge is -2.24. The highest BCUT2D eigenvalue weighted by Gasteiger charge is 2.22. The Balaban J connectivity index is 4.02. The summed E-state index contributed by atoms with van der Waals surface area (Å²) in [6.07, 6.45) is -0.224. The molecule has 0 amide bonds. The van der Waals surface area contributed by atoms with E-state index in [1.165, 1.54) is 0 Å². The molecule has 0 bridgehead atoms. The Kier molecular flexibility index (Phi) is 4.85. The quantitative estimate of drug-likeness (QED) is 0.636. The molecule has 12 heavy (non-hydrogen) atoms. The summed E-state index contributed by atoms with van der Waals surface area (Å²) in [7, 11) is 1.55. The molecule has 4 nitrogen and oxygen atoms in total. The molecule has 3 N–H and O–H groups in total. The third-order valence-corrected chi connectivity index (χ3v) is 1.76. The van der Waals surface area contributed by atoms with Gasteiger partial charge < -0.3 is 15.6 Å². The van der Waals surface area contributed by atoms with Crippen LogP contribution in [0.1, 0.15) is 20.3 Å². The van der Waals surface area contributed by atoms with E-state index in [0.29, 0.717) is 0 Å². The zero-order valence-electron chi connectivity index (χ0n) is 7.78. The Morgan fingerprint density at radius 1 is 1.58 bits per heavy atom. The van der Waals surface area contributed by atoms with Crippen LogP contribution in [0.3, 0.4) is 0 Å². The number of carboxylic acids is 1. The van der Waals surface area contributed by atoms with Crippen molar-refractivity contribution in [2.24, 2.45) is 11.7 Å². The van der Waals surface area contributed by atoms with Gasteiger partial charge in [0.1, 0.15) is 0 Å². The molecule has 0 spiro atoms. The smallest absolute Gasteiger partial charge is 0.305 e. The van der Waals surface area contributed by atoms with E-state index < -0.39 is 12.0 Å². The van der Waals surface area contributed by atoms with E-state index in [-0.39, 0.29) is 18.4 Å². The predicted octanol–water partition coefficient (Wildman–Crippen LogP) is 0.459. The van der Waals surface area contributed by atoms with Gasteiger partial charge in [-0.2, -0.15) is 0 Å². The van der Waals surface area contributed by atoms with Crippen LogP contribution in [0.4, 0.5) is 0 Å². The highest BCUT2D eigenvalue weighted by atomic mass is 16.5. The second-order valence-electron chi connectivity index (χ2n) is 3.21. The van der Waals surface area contributed by atoms with Gasteiger partial charge in [-0.05, 0) is 5.92 Å². The minimum Gasteiger partial charge on any atom is -0.481 e. The summed E-state index contributed by atoms with van der Waals surface area (Å²) in [5, 5.41) is 8.47. The van der Waals surface area contributed by atoms with Gasteiger partial charge >= 0.3 is 5.97 Å². The Hall–Kier alpha value is -0.610. The normalized spacial score (nSPS) is 16.1. The van der Waals surface area contributed by atoms with Crippen LogP contribution in [0.2, 0.25) is 0 Å². The molecule has 0 aromatic carbocycles. The zero-order chi connectivity index (χ0) is 9.72. The number of rotatable bonds is 5. The number of ether oxygens (including phenoxy) is 1. The largest absolute Gasteiger partial charge is 0.481 e. The van der Waals surface area contributed by atoms with Crippen molar-refractivity contribution in [2.75, 3.05) is 7.11 Å². The van der Waals surface area contributed by atoms with Gasteiger partial charge in [-0.1, -0.05) is 13.8 Å². The van der Waals surface area contributed by atoms with E-state index in [2.05, 4.69) is 0 Å². The molecule has 0 aromatic rings. The number of nitrogens with two attached hydrogens (primary N) is 1. The molecule has 2 atom stereocenters. The second-order valence-corrected chi connectivity index (χ2v) is 3.21. The van der Waals surface area contributed by atoms with E-state index in [4.69, 9.17) is 15.6 Å². The van der Waals surface area contributed by atoms with Gasteiger partial charge in [-0.15, -0.1) is 0 Å². The molecule has 0 fully saturated rings. The van der Waals surface area contributed by atoms with E-state index in [1.807, 2.05) is 13.8 Å². The number of hydrogen-bond donors (Lipinski definition) is 2. The van der Waals surface area contributed by atoms with Crippen molar-refractivity contribution < 1.29 is 14.6 Å². The number of carboxylic acid groups (broad SMARTS) is 1. The topological polar surface area (TPSA) is 72.5 Å². The fourth-order valence-corrected chi connectivity index (χ4v) is 1.26. The van der Waals surface area contributed by atoms with Crippen molar-refractivity contribution in [3.8, 4) is 0 Å². The fraction of sp³-hybridized carbons (Fsp3) is 0.875. The Labute approximate surface area is 72.7 Å². The van der Waals surface area contributed by atoms with Crippen LogP contribution in [0.15, 0.2) is 0 Å². The van der Waals surface area contributed by atoms with Crippen LogP contribution >= 0.6 is 0 Å². The number of carbonyl (C=O) groups is 1. The molecular weight excluding hydrogens is 158 g/mol. The molecule has 0 aromatic heterocycles. The summed E-state index contributed by atoms with van der Waals surface area (Å²) < 4.78 is 5.09. The lowest BCUT2D eigenvalue weighted by Crippen LogP contribution is -2.41. The summed E-state index contributed by atoms with van der Waals surface area (Å²) in [5.41, 5.74) is 5.62. The van der Waals surface area contributed by atoms with Gasteiger partial charge in [0.2, 0.25) is 0 Å². The summed E-state index contributed by atoms with van der Waals surface area (Å²) in [6.45, 7) is 3.91. The van der Waals surface area contributed by atoms with Crippen LogP contribution < -0.4 is 5.73 Å². The molecule has 4 heteroatoms. The average Bonchev–Trinajstić information content (AvgIpc) is 1.85. The predicted molar refractivity (Wildman–Crippen MR) is 45.9 cm³/mol. The summed E-state index contributed by atoms with van der Waals surface area (Å²) in [6, 6.07) is -0.424. The third kappa shape index (κ3) is 3.69. The maximum absolute atomic E-state index is 10.3. The van der Waals surface area contributed by atoms with Crippen molar-refractivity contribution in [1.82, 2.24) is 0 Å². The first-order chi connectivity index (χ1) is 5.49. The van der Waals surface area contributed by atoms with Gasteiger partial charge in [-0.3, -0.25) is 4.79 Å². The van der Waals surface area contributed by atoms with E-state index in [9.17, 15) is 4.79 Å². The zero-order valence-corrected chi connectivity index (χ0v) is 7.78. The van der Waals surface area contributed by atoms with Gasteiger partial charge in [0.25, 0.3) is 0 Å². The first-order valence-electron chi connectivity index (χ1n) is 3.99. The number of methoxy groups -OCH3 is 1. The second kappa shape index (κ2) is 5.11. The molecule has 0 aliphatic heterocycles. The summed E-state index contributed by atoms with van der Waals surface area (Å²) >= 11 is 0. The SMILES string of the molecule is COC(C(C)C)C(N)CC(=O)O. The molecule has 0 aliphatic rings. The van der Waals surface area contributed by atoms with E-state index in [1.54, 1.807) is 7.11 Å². The molecule has 2 unspecified atom stereocenters. The van der Waals surface area contributed by atoms with Gasteiger partial charge in [0.15, 0.2) is 0 Å². The first-order valence-corrected chi connectivity index (χ1v) is 3.99. The number of hydrogen-bond acceptors (Lipinski definition) is 3. The van der Waals surface area contributed by atoms with Gasteiger partial charge in [-0.25, -0.2) is 0 Å². The van der Waals surface area contributed by atoms with Crippen molar-refractivity contribution >= 4 is 5.97 Å². The minimum atomic E-state index is -0.884. The summed E-state index contributed by atoms with van der Waals surface area (Å²) in [5.74, 6) is -0.644. The highest BCUT2D eigenvalue weighted by molar-refractivity contribution is 5.67. The van der Waals surface area contributed by atoms with Crippen molar-refractivity contribution in [3.63, 3.8) is 0 Å². The van der Waals surface area contributed by atoms with E-state index >= 15 is 0 Å². The lowest BCUT2D eigenvalue weighted by atomic mass is 9.98. The molecule has 72 valence electrons. The minimum absolute atomic E-state index is 0.0450. The maximum Gasteiger partial charge on any atom is 0.305 e. The monoisotopic (exact) mass is 175 g/mol. The summed E-state index contributed by atoms with van der Waals surface area (Å²) in [4.78, 5) is 10.3. The van der Waals surface area contributed by atoms with Crippen LogP contribution in [-0.4, -0.2) is 30.3 Å². The third-order valence-electron chi connectivity index (χ3n) is 1.76. The van der Waals surface area contributed by atoms with Gasteiger partial charge in [0.05, 0.1) is 12.5 Å². The number of aliphatic carboxylic acids is 1. The average molecular weight is 175 g/mol. The Bertz CT molecular complexity index is 147. The molecule has 0 heterocycles. The van der Waals surface area contributed by atoms with E-state index in [0.717, 1.165) is 0 Å². The van der Waals surface area contributed by atoms with Crippen LogP contribution in [-0.2, 0) is 9.53 Å². The molecule has 0 radical (unpaired) electrons. The van der Waals surface area contributed by atoms with Crippen molar-refractivity contribution in [3.05, 3.63) is 0 Å². The van der Waals surface area contributed by atoms with Crippen molar-refractivity contribution in [2.45, 2.75) is 32.4 Å². The maximum atomic E-state index is 10.3. The Morgan fingerprint density at radius 3 is 2.33 bits per heavy atom. The lowest BCUT2D eigenvalue weighted by molar-refractivity contribution is -0.138. The fourth-order valence-electron chi connectivity index (χ4n) is 1.26. The molecule has 0 aliphatic carbocycles. The highest BCUT2D eigenvalue weighted by Crippen LogP contribution is 2.10. The first kappa shape index (κ1) is 11.4. The standard InChI is InChI=1S/C8H17NO3/c1-5(2)8(12-3)6(9)4-7(10)11/h5-6,8H,4,9H2,1-3H3,(H,10,11). The molecule has 0 saturated carbocycles. The van der Waals surface area contributed by atoms with Crippen molar-refractivity contribution in [1.29, 1.82) is 0 Å². The Morgan fingerprint density at radius 2 is 2.08 bits per heavy atom. The van der Waals surface area contributed by atoms with Gasteiger partial charge in [0, 0.05) is 13.2 Å². The molecule has 0 saturated heterocycles. The van der Waals surface area contributed by atoms with Crippen LogP contribution in [0.25, 0.3) is 0 Å². The van der Waals surface area contributed by atoms with Crippen LogP contribution in [0, 0.1) is 5.92 Å². The van der Waals surface area contributed by atoms with Crippen LogP contribution in [0.5, 0.6) is 0 Å². The molecular formula is C8H17NO3. The molecule has 0 rings (SSSR count).